The van der Waals surface area contributed by atoms with Gasteiger partial charge in [0.25, 0.3) is 0 Å². The van der Waals surface area contributed by atoms with Gasteiger partial charge in [0.1, 0.15) is 5.82 Å². The molecular formula is C10H13BrN4O. The lowest BCUT2D eigenvalue weighted by Gasteiger charge is -2.33. The van der Waals surface area contributed by atoms with Crippen LogP contribution in [-0.4, -0.2) is 32.1 Å². The molecule has 1 saturated carbocycles. The first kappa shape index (κ1) is 10.3. The van der Waals surface area contributed by atoms with Crippen LogP contribution in [0.25, 0.3) is 0 Å². The van der Waals surface area contributed by atoms with E-state index < -0.39 is 0 Å². The number of halogens is 1. The molecule has 0 spiro atoms. The molecule has 0 saturated heterocycles. The molecule has 1 amide bonds. The van der Waals surface area contributed by atoms with Crippen LogP contribution in [-0.2, 0) is 17.9 Å². The van der Waals surface area contributed by atoms with E-state index in [1.807, 2.05) is 9.58 Å². The highest BCUT2D eigenvalue weighted by molar-refractivity contribution is 9.10. The quantitative estimate of drug-likeness (QED) is 0.778. The van der Waals surface area contributed by atoms with E-state index in [1.54, 1.807) is 0 Å². The van der Waals surface area contributed by atoms with Crippen LogP contribution in [0.4, 0.5) is 0 Å². The summed E-state index contributed by atoms with van der Waals surface area (Å²) in [6.07, 6.45) is 3.32. The van der Waals surface area contributed by atoms with E-state index in [1.165, 1.54) is 6.42 Å². The van der Waals surface area contributed by atoms with Gasteiger partial charge in [0.15, 0.2) is 0 Å². The van der Waals surface area contributed by atoms with Gasteiger partial charge in [0.2, 0.25) is 10.6 Å². The first-order chi connectivity index (χ1) is 7.74. The lowest BCUT2D eigenvalue weighted by atomic mass is 9.84. The van der Waals surface area contributed by atoms with Crippen molar-refractivity contribution in [3.63, 3.8) is 0 Å². The number of carbonyl (C=O) groups is 1. The van der Waals surface area contributed by atoms with E-state index in [0.717, 1.165) is 31.8 Å². The fourth-order valence-electron chi connectivity index (χ4n) is 2.21. The normalized spacial score (nSPS) is 20.4. The number of rotatable bonds is 1. The largest absolute Gasteiger partial charge is 0.333 e. The molecule has 0 N–H and O–H groups in total. The lowest BCUT2D eigenvalue weighted by molar-refractivity contribution is -0.139. The maximum absolute atomic E-state index is 12.1. The molecule has 0 aromatic carbocycles. The number of amides is 1. The summed E-state index contributed by atoms with van der Waals surface area (Å²) in [6.45, 7) is 2.12. The summed E-state index contributed by atoms with van der Waals surface area (Å²) in [5.74, 6) is 1.46. The Kier molecular flexibility index (Phi) is 2.46. The topological polar surface area (TPSA) is 51.0 Å². The van der Waals surface area contributed by atoms with Crippen molar-refractivity contribution in [2.75, 3.05) is 6.54 Å². The van der Waals surface area contributed by atoms with Crippen molar-refractivity contribution in [3.8, 4) is 0 Å². The van der Waals surface area contributed by atoms with Crippen LogP contribution < -0.4 is 0 Å². The molecule has 2 heterocycles. The fourth-order valence-corrected chi connectivity index (χ4v) is 2.60. The Hall–Kier alpha value is -0.910. The van der Waals surface area contributed by atoms with E-state index >= 15 is 0 Å². The third-order valence-corrected chi connectivity index (χ3v) is 3.74. The van der Waals surface area contributed by atoms with Gasteiger partial charge in [-0.3, -0.25) is 4.79 Å². The molecule has 1 fully saturated rings. The molecule has 1 aliphatic heterocycles. The third kappa shape index (κ3) is 1.65. The van der Waals surface area contributed by atoms with Crippen LogP contribution in [0.3, 0.4) is 0 Å². The van der Waals surface area contributed by atoms with Gasteiger partial charge in [0.05, 0.1) is 13.1 Å². The molecule has 5 nitrogen and oxygen atoms in total. The van der Waals surface area contributed by atoms with Crippen LogP contribution in [0.1, 0.15) is 25.1 Å². The second-order valence-corrected chi connectivity index (χ2v) is 5.12. The SMILES string of the molecule is O=C(C1CCC1)N1CCn2nc(Br)nc2C1. The summed E-state index contributed by atoms with van der Waals surface area (Å²) in [7, 11) is 0. The zero-order valence-corrected chi connectivity index (χ0v) is 10.5. The van der Waals surface area contributed by atoms with E-state index in [2.05, 4.69) is 26.0 Å². The number of fused-ring (bicyclic) bond motifs is 1. The molecule has 0 radical (unpaired) electrons. The number of hydrogen-bond donors (Lipinski definition) is 0. The van der Waals surface area contributed by atoms with Gasteiger partial charge >= 0.3 is 0 Å². The highest BCUT2D eigenvalue weighted by atomic mass is 79.9. The van der Waals surface area contributed by atoms with E-state index in [-0.39, 0.29) is 5.92 Å². The Bertz CT molecular complexity index is 426. The fraction of sp³-hybridized carbons (Fsp3) is 0.700. The van der Waals surface area contributed by atoms with Crippen molar-refractivity contribution >= 4 is 21.8 Å². The summed E-state index contributed by atoms with van der Waals surface area (Å²) in [6, 6.07) is 0. The summed E-state index contributed by atoms with van der Waals surface area (Å²) in [4.78, 5) is 18.2. The predicted molar refractivity (Wildman–Crippen MR) is 60.5 cm³/mol. The van der Waals surface area contributed by atoms with E-state index in [4.69, 9.17) is 0 Å². The van der Waals surface area contributed by atoms with Crippen molar-refractivity contribution in [2.24, 2.45) is 5.92 Å². The molecule has 1 aliphatic carbocycles. The van der Waals surface area contributed by atoms with Crippen LogP contribution in [0.2, 0.25) is 0 Å². The molecule has 2 aliphatic rings. The summed E-state index contributed by atoms with van der Waals surface area (Å²) in [5, 5.41) is 4.21. The van der Waals surface area contributed by atoms with E-state index in [0.29, 0.717) is 17.2 Å². The Morgan fingerprint density at radius 3 is 2.88 bits per heavy atom. The zero-order valence-electron chi connectivity index (χ0n) is 8.90. The summed E-state index contributed by atoms with van der Waals surface area (Å²) >= 11 is 3.26. The predicted octanol–water partition coefficient (Wildman–Crippen LogP) is 1.18. The maximum Gasteiger partial charge on any atom is 0.226 e. The third-order valence-electron chi connectivity index (χ3n) is 3.40. The van der Waals surface area contributed by atoms with Crippen molar-refractivity contribution in [1.29, 1.82) is 0 Å². The smallest absolute Gasteiger partial charge is 0.226 e. The van der Waals surface area contributed by atoms with Gasteiger partial charge < -0.3 is 4.90 Å². The van der Waals surface area contributed by atoms with E-state index in [9.17, 15) is 4.79 Å². The summed E-state index contributed by atoms with van der Waals surface area (Å²) in [5.41, 5.74) is 0. The van der Waals surface area contributed by atoms with Crippen LogP contribution in [0, 0.1) is 5.92 Å². The number of carbonyl (C=O) groups excluding carboxylic acids is 1. The molecule has 3 rings (SSSR count). The summed E-state index contributed by atoms with van der Waals surface area (Å²) < 4.78 is 2.48. The average Bonchev–Trinajstić information content (AvgIpc) is 2.53. The first-order valence-electron chi connectivity index (χ1n) is 5.62. The second kappa shape index (κ2) is 3.84. The van der Waals surface area contributed by atoms with Crippen LogP contribution in [0.15, 0.2) is 4.73 Å². The van der Waals surface area contributed by atoms with Crippen molar-refractivity contribution in [1.82, 2.24) is 19.7 Å². The highest BCUT2D eigenvalue weighted by Crippen LogP contribution is 2.29. The first-order valence-corrected chi connectivity index (χ1v) is 6.41. The maximum atomic E-state index is 12.1. The van der Waals surface area contributed by atoms with Gasteiger partial charge in [-0.05, 0) is 28.8 Å². The molecule has 1 aromatic heterocycles. The van der Waals surface area contributed by atoms with Crippen LogP contribution in [0.5, 0.6) is 0 Å². The van der Waals surface area contributed by atoms with Gasteiger partial charge in [-0.25, -0.2) is 9.67 Å². The minimum Gasteiger partial charge on any atom is -0.333 e. The monoisotopic (exact) mass is 284 g/mol. The molecular weight excluding hydrogens is 272 g/mol. The van der Waals surface area contributed by atoms with Crippen molar-refractivity contribution in [3.05, 3.63) is 10.6 Å². The molecule has 16 heavy (non-hydrogen) atoms. The minimum atomic E-state index is 0.276. The Morgan fingerprint density at radius 1 is 1.38 bits per heavy atom. The molecule has 0 atom stereocenters. The van der Waals surface area contributed by atoms with Crippen molar-refractivity contribution < 1.29 is 4.79 Å². The second-order valence-electron chi connectivity index (χ2n) is 4.41. The van der Waals surface area contributed by atoms with Gasteiger partial charge in [-0.15, -0.1) is 5.10 Å². The Balaban J connectivity index is 1.74. The Morgan fingerprint density at radius 2 is 2.19 bits per heavy atom. The molecule has 1 aromatic rings. The van der Waals surface area contributed by atoms with Gasteiger partial charge in [-0.2, -0.15) is 0 Å². The minimum absolute atomic E-state index is 0.276. The zero-order chi connectivity index (χ0) is 11.1. The number of aromatic nitrogens is 3. The van der Waals surface area contributed by atoms with Crippen LogP contribution >= 0.6 is 15.9 Å². The molecule has 6 heteroatoms. The van der Waals surface area contributed by atoms with Gasteiger partial charge in [-0.1, -0.05) is 6.42 Å². The lowest BCUT2D eigenvalue weighted by Crippen LogP contribution is -2.43. The van der Waals surface area contributed by atoms with Gasteiger partial charge in [0, 0.05) is 12.5 Å². The Labute approximate surface area is 102 Å². The number of nitrogens with zero attached hydrogens (tertiary/aromatic N) is 4. The highest BCUT2D eigenvalue weighted by Gasteiger charge is 2.31. The molecule has 0 unspecified atom stereocenters. The molecule has 86 valence electrons. The van der Waals surface area contributed by atoms with Crippen molar-refractivity contribution in [2.45, 2.75) is 32.4 Å². The molecule has 0 bridgehead atoms. The number of hydrogen-bond acceptors (Lipinski definition) is 3. The average molecular weight is 285 g/mol. The standard InChI is InChI=1S/C10H13BrN4O/c11-10-12-8-6-14(4-5-15(8)13-10)9(16)7-2-1-3-7/h7H,1-6H2.